The fourth-order valence-electron chi connectivity index (χ4n) is 3.46. The van der Waals surface area contributed by atoms with Crippen LogP contribution in [0.1, 0.15) is 41.8 Å². The number of piperidine rings is 1. The van der Waals surface area contributed by atoms with E-state index in [0.717, 1.165) is 31.5 Å². The van der Waals surface area contributed by atoms with Gasteiger partial charge in [-0.05, 0) is 49.6 Å². The number of hydrogen-bond donors (Lipinski definition) is 3. The molecule has 2 atom stereocenters. The van der Waals surface area contributed by atoms with Gasteiger partial charge in [0.15, 0.2) is 0 Å². The second-order valence-corrected chi connectivity index (χ2v) is 6.93. The second-order valence-electron chi connectivity index (χ2n) is 6.93. The largest absolute Gasteiger partial charge is 0.508 e. The van der Waals surface area contributed by atoms with Crippen LogP contribution in [-0.2, 0) is 0 Å². The maximum atomic E-state index is 12.3. The van der Waals surface area contributed by atoms with Crippen molar-refractivity contribution in [2.75, 3.05) is 13.1 Å². The molecule has 5 nitrogen and oxygen atoms in total. The van der Waals surface area contributed by atoms with E-state index in [-0.39, 0.29) is 23.7 Å². The summed E-state index contributed by atoms with van der Waals surface area (Å²) < 4.78 is 0. The molecule has 0 spiro atoms. The Morgan fingerprint density at radius 2 is 1.69 bits per heavy atom. The Balaban J connectivity index is 1.51. The minimum absolute atomic E-state index is 0.0229. The minimum Gasteiger partial charge on any atom is -0.508 e. The Hall–Kier alpha value is -2.37. The number of phenols is 1. The van der Waals surface area contributed by atoms with Crippen molar-refractivity contribution in [3.8, 4) is 5.75 Å². The molecule has 0 saturated carbocycles. The minimum atomic E-state index is -0.606. The molecule has 1 saturated heterocycles. The zero-order valence-electron chi connectivity index (χ0n) is 15.0. The lowest BCUT2D eigenvalue weighted by atomic mass is 9.98. The first-order valence-electron chi connectivity index (χ1n) is 9.11. The molecule has 0 aliphatic carbocycles. The van der Waals surface area contributed by atoms with Crippen LogP contribution in [0.2, 0.25) is 0 Å². The lowest BCUT2D eigenvalue weighted by molar-refractivity contribution is 0.0408. The number of nitrogens with zero attached hydrogens (tertiary/aromatic N) is 1. The maximum Gasteiger partial charge on any atom is 0.251 e. The fourth-order valence-corrected chi connectivity index (χ4v) is 3.46. The maximum absolute atomic E-state index is 12.3. The number of rotatable bonds is 5. The summed E-state index contributed by atoms with van der Waals surface area (Å²) in [6, 6.07) is 16.1. The van der Waals surface area contributed by atoms with E-state index in [1.54, 1.807) is 24.3 Å². The van der Waals surface area contributed by atoms with Crippen LogP contribution in [0.15, 0.2) is 54.6 Å². The highest BCUT2D eigenvalue weighted by Gasteiger charge is 2.28. The Bertz CT molecular complexity index is 710. The van der Waals surface area contributed by atoms with Crippen LogP contribution in [-0.4, -0.2) is 46.2 Å². The third-order valence-electron chi connectivity index (χ3n) is 5.17. The Morgan fingerprint density at radius 3 is 2.31 bits per heavy atom. The molecule has 1 amide bonds. The summed E-state index contributed by atoms with van der Waals surface area (Å²) >= 11 is 0. The molecule has 0 aromatic heterocycles. The predicted octanol–water partition coefficient (Wildman–Crippen LogP) is 2.71. The first-order valence-corrected chi connectivity index (χ1v) is 9.11. The van der Waals surface area contributed by atoms with E-state index >= 15 is 0 Å². The number of carbonyl (C=O) groups is 1. The molecule has 0 radical (unpaired) electrons. The molecule has 2 unspecified atom stereocenters. The number of carbonyl (C=O) groups excluding carboxylic acids is 1. The molecule has 3 N–H and O–H groups in total. The first-order chi connectivity index (χ1) is 12.5. The number of aromatic hydroxyl groups is 1. The summed E-state index contributed by atoms with van der Waals surface area (Å²) in [7, 11) is 0. The van der Waals surface area contributed by atoms with Crippen molar-refractivity contribution in [2.24, 2.45) is 0 Å². The third kappa shape index (κ3) is 4.42. The highest BCUT2D eigenvalue weighted by atomic mass is 16.3. The smallest absolute Gasteiger partial charge is 0.251 e. The second kappa shape index (κ2) is 8.34. The molecule has 1 fully saturated rings. The molecule has 0 bridgehead atoms. The van der Waals surface area contributed by atoms with Crippen LogP contribution >= 0.6 is 0 Å². The summed E-state index contributed by atoms with van der Waals surface area (Å²) in [6.45, 7) is 3.67. The van der Waals surface area contributed by atoms with E-state index in [1.807, 2.05) is 37.3 Å². The standard InChI is InChI=1S/C21H26N2O3/c1-15(20(25)16-7-9-19(24)10-8-16)23-13-11-18(12-14-23)22-21(26)17-5-3-2-4-6-17/h2-10,15,18,20,24-25H,11-14H2,1H3,(H,22,26). The average molecular weight is 354 g/mol. The molecule has 138 valence electrons. The van der Waals surface area contributed by atoms with Crippen LogP contribution in [0.5, 0.6) is 5.75 Å². The zero-order valence-corrected chi connectivity index (χ0v) is 15.0. The van der Waals surface area contributed by atoms with Gasteiger partial charge in [-0.2, -0.15) is 0 Å². The van der Waals surface area contributed by atoms with E-state index < -0.39 is 6.10 Å². The van der Waals surface area contributed by atoms with Crippen molar-refractivity contribution >= 4 is 5.91 Å². The molecule has 5 heteroatoms. The molecule has 2 aromatic rings. The van der Waals surface area contributed by atoms with Crippen LogP contribution < -0.4 is 5.32 Å². The van der Waals surface area contributed by atoms with Crippen LogP contribution in [0.4, 0.5) is 0 Å². The lowest BCUT2D eigenvalue weighted by Crippen LogP contribution is -2.48. The van der Waals surface area contributed by atoms with Gasteiger partial charge in [0.25, 0.3) is 5.91 Å². The summed E-state index contributed by atoms with van der Waals surface area (Å²) in [5.74, 6) is 0.171. The van der Waals surface area contributed by atoms with Gasteiger partial charge in [-0.15, -0.1) is 0 Å². The van der Waals surface area contributed by atoms with Crippen LogP contribution in [0.3, 0.4) is 0 Å². The quantitative estimate of drug-likeness (QED) is 0.772. The van der Waals surface area contributed by atoms with E-state index in [1.165, 1.54) is 0 Å². The third-order valence-corrected chi connectivity index (χ3v) is 5.17. The van der Waals surface area contributed by atoms with Crippen molar-refractivity contribution < 1.29 is 15.0 Å². The number of amides is 1. The van der Waals surface area contributed by atoms with E-state index in [4.69, 9.17) is 0 Å². The molecule has 3 rings (SSSR count). The first kappa shape index (κ1) is 18.4. The Morgan fingerprint density at radius 1 is 1.08 bits per heavy atom. The number of benzene rings is 2. The average Bonchev–Trinajstić information content (AvgIpc) is 2.69. The summed E-state index contributed by atoms with van der Waals surface area (Å²) in [6.07, 6.45) is 1.13. The number of phenolic OH excluding ortho intramolecular Hbond substituents is 1. The van der Waals surface area contributed by atoms with Crippen LogP contribution in [0, 0.1) is 0 Å². The lowest BCUT2D eigenvalue weighted by Gasteiger charge is -2.38. The predicted molar refractivity (Wildman–Crippen MR) is 101 cm³/mol. The molecule has 2 aromatic carbocycles. The Kier molecular flexibility index (Phi) is 5.91. The van der Waals surface area contributed by atoms with Gasteiger partial charge in [-0.25, -0.2) is 0 Å². The van der Waals surface area contributed by atoms with Crippen molar-refractivity contribution in [1.29, 1.82) is 0 Å². The number of hydrogen-bond acceptors (Lipinski definition) is 4. The molecule has 1 aliphatic heterocycles. The highest BCUT2D eigenvalue weighted by Crippen LogP contribution is 2.25. The van der Waals surface area contributed by atoms with Gasteiger partial charge in [0, 0.05) is 30.7 Å². The van der Waals surface area contributed by atoms with Gasteiger partial charge in [-0.3, -0.25) is 9.69 Å². The van der Waals surface area contributed by atoms with Gasteiger partial charge in [0.2, 0.25) is 0 Å². The van der Waals surface area contributed by atoms with Crippen LogP contribution in [0.25, 0.3) is 0 Å². The summed E-state index contributed by atoms with van der Waals surface area (Å²) in [4.78, 5) is 14.5. The molecule has 1 heterocycles. The number of aliphatic hydroxyl groups is 1. The van der Waals surface area contributed by atoms with Crippen molar-refractivity contribution in [1.82, 2.24) is 10.2 Å². The van der Waals surface area contributed by atoms with Crippen molar-refractivity contribution in [3.05, 3.63) is 65.7 Å². The van der Waals surface area contributed by atoms with Crippen molar-refractivity contribution in [3.63, 3.8) is 0 Å². The van der Waals surface area contributed by atoms with E-state index in [0.29, 0.717) is 5.56 Å². The van der Waals surface area contributed by atoms with Crippen molar-refractivity contribution in [2.45, 2.75) is 38.0 Å². The molecular weight excluding hydrogens is 328 g/mol. The van der Waals surface area contributed by atoms with Gasteiger partial charge >= 0.3 is 0 Å². The normalized spacial score (nSPS) is 18.2. The number of aliphatic hydroxyl groups excluding tert-OH is 1. The summed E-state index contributed by atoms with van der Waals surface area (Å²) in [5, 5.41) is 23.1. The van der Waals surface area contributed by atoms with Gasteiger partial charge in [-0.1, -0.05) is 30.3 Å². The number of likely N-dealkylation sites (tertiary alicyclic amines) is 1. The zero-order chi connectivity index (χ0) is 18.5. The monoisotopic (exact) mass is 354 g/mol. The SMILES string of the molecule is CC(C(O)c1ccc(O)cc1)N1CCC(NC(=O)c2ccccc2)CC1. The van der Waals surface area contributed by atoms with E-state index in [2.05, 4.69) is 10.2 Å². The fraction of sp³-hybridized carbons (Fsp3) is 0.381. The molecule has 26 heavy (non-hydrogen) atoms. The highest BCUT2D eigenvalue weighted by molar-refractivity contribution is 5.94. The van der Waals surface area contributed by atoms with Gasteiger partial charge in [0.05, 0.1) is 6.10 Å². The van der Waals surface area contributed by atoms with Gasteiger partial charge < -0.3 is 15.5 Å². The number of nitrogens with one attached hydrogen (secondary N) is 1. The van der Waals surface area contributed by atoms with E-state index in [9.17, 15) is 15.0 Å². The van der Waals surface area contributed by atoms with Gasteiger partial charge in [0.1, 0.15) is 5.75 Å². The Labute approximate surface area is 154 Å². The topological polar surface area (TPSA) is 72.8 Å². The summed E-state index contributed by atoms with van der Waals surface area (Å²) in [5.41, 5.74) is 1.49. The molecular formula is C21H26N2O3. The molecule has 1 aliphatic rings.